The van der Waals surface area contributed by atoms with Gasteiger partial charge in [0.25, 0.3) is 0 Å². The number of carboxylic acids is 1. The van der Waals surface area contributed by atoms with Crippen molar-refractivity contribution in [2.75, 3.05) is 5.32 Å². The van der Waals surface area contributed by atoms with Gasteiger partial charge in [-0.2, -0.15) is 0 Å². The Morgan fingerprint density at radius 3 is 2.18 bits per heavy atom. The first-order valence-corrected chi connectivity index (χ1v) is 7.94. The molecule has 2 aliphatic rings. The monoisotopic (exact) mass is 303 g/mol. The molecule has 2 fully saturated rings. The van der Waals surface area contributed by atoms with Gasteiger partial charge in [-0.15, -0.1) is 0 Å². The van der Waals surface area contributed by atoms with Gasteiger partial charge >= 0.3 is 5.97 Å². The maximum atomic E-state index is 12.1. The lowest BCUT2D eigenvalue weighted by molar-refractivity contribution is -0.151. The highest BCUT2D eigenvalue weighted by Gasteiger charge is 2.41. The minimum absolute atomic E-state index is 0.205. The Hall–Kier alpha value is -2.04. The largest absolute Gasteiger partial charge is 0.490 e. The van der Waals surface area contributed by atoms with Crippen molar-refractivity contribution in [1.82, 2.24) is 0 Å². The van der Waals surface area contributed by atoms with Crippen LogP contribution >= 0.6 is 0 Å². The lowest BCUT2D eigenvalue weighted by Gasteiger charge is -2.31. The van der Waals surface area contributed by atoms with Gasteiger partial charge in [0.2, 0.25) is 5.91 Å². The lowest BCUT2D eigenvalue weighted by Crippen LogP contribution is -2.41. The Bertz CT molecular complexity index is 548. The van der Waals surface area contributed by atoms with Gasteiger partial charge in [0, 0.05) is 5.69 Å². The molecule has 5 heteroatoms. The maximum Gasteiger partial charge on any atom is 0.307 e. The summed E-state index contributed by atoms with van der Waals surface area (Å²) in [4.78, 5) is 23.0. The van der Waals surface area contributed by atoms with Crippen LogP contribution in [0.3, 0.4) is 0 Å². The van der Waals surface area contributed by atoms with Crippen LogP contribution in [0.2, 0.25) is 0 Å². The number of carboxylic acid groups (broad SMARTS) is 1. The Balaban J connectivity index is 1.54. The summed E-state index contributed by atoms with van der Waals surface area (Å²) in [5, 5.41) is 11.8. The molecule has 0 saturated heterocycles. The summed E-state index contributed by atoms with van der Waals surface area (Å²) in [6, 6.07) is 7.31. The van der Waals surface area contributed by atoms with Crippen LogP contribution < -0.4 is 10.1 Å². The fourth-order valence-corrected chi connectivity index (χ4v) is 3.16. The van der Waals surface area contributed by atoms with Gasteiger partial charge < -0.3 is 15.2 Å². The fraction of sp³-hybridized carbons (Fsp3) is 0.529. The van der Waals surface area contributed by atoms with Gasteiger partial charge in [0.05, 0.1) is 17.9 Å². The van der Waals surface area contributed by atoms with Gasteiger partial charge in [-0.25, -0.2) is 0 Å². The van der Waals surface area contributed by atoms with E-state index in [-0.39, 0.29) is 5.91 Å². The summed E-state index contributed by atoms with van der Waals surface area (Å²) in [5.41, 5.74) is 0.680. The summed E-state index contributed by atoms with van der Waals surface area (Å²) >= 11 is 0. The van der Waals surface area contributed by atoms with Crippen LogP contribution in [-0.4, -0.2) is 23.1 Å². The van der Waals surface area contributed by atoms with E-state index >= 15 is 0 Å². The molecule has 0 bridgehead atoms. The second-order valence-corrected chi connectivity index (χ2v) is 6.17. The van der Waals surface area contributed by atoms with Crippen molar-refractivity contribution < 1.29 is 19.4 Å². The molecule has 5 nitrogen and oxygen atoms in total. The van der Waals surface area contributed by atoms with Crippen molar-refractivity contribution in [1.29, 1.82) is 0 Å². The normalized spacial score (nSPS) is 24.5. The molecule has 0 radical (unpaired) electrons. The van der Waals surface area contributed by atoms with Gasteiger partial charge in [-0.3, -0.25) is 9.59 Å². The van der Waals surface area contributed by atoms with E-state index in [0.717, 1.165) is 18.6 Å². The topological polar surface area (TPSA) is 75.6 Å². The van der Waals surface area contributed by atoms with Crippen molar-refractivity contribution in [3.8, 4) is 5.75 Å². The SMILES string of the molecule is O=C(O)C1CCC1C(=O)Nc1ccc(OC2CCCC2)cc1. The van der Waals surface area contributed by atoms with Crippen LogP contribution in [0.5, 0.6) is 5.75 Å². The number of nitrogens with one attached hydrogen (secondary N) is 1. The molecule has 1 aromatic carbocycles. The molecule has 1 aromatic rings. The number of benzene rings is 1. The molecule has 0 spiro atoms. The molecule has 0 aliphatic heterocycles. The van der Waals surface area contributed by atoms with E-state index in [0.29, 0.717) is 24.6 Å². The Morgan fingerprint density at radius 1 is 1.00 bits per heavy atom. The van der Waals surface area contributed by atoms with Gasteiger partial charge in [0.1, 0.15) is 5.75 Å². The molecule has 118 valence electrons. The van der Waals surface area contributed by atoms with E-state index in [1.165, 1.54) is 12.8 Å². The average molecular weight is 303 g/mol. The standard InChI is InChI=1S/C17H21NO4/c19-16(14-9-10-15(14)17(20)21)18-11-5-7-13(8-6-11)22-12-3-1-2-4-12/h5-8,12,14-15H,1-4,9-10H2,(H,18,19)(H,20,21). The van der Waals surface area contributed by atoms with E-state index in [1.807, 2.05) is 12.1 Å². The molecular weight excluding hydrogens is 282 g/mol. The third kappa shape index (κ3) is 3.24. The third-order valence-electron chi connectivity index (χ3n) is 4.66. The van der Waals surface area contributed by atoms with Gasteiger partial charge in [-0.1, -0.05) is 0 Å². The van der Waals surface area contributed by atoms with Crippen LogP contribution in [0.25, 0.3) is 0 Å². The molecule has 0 heterocycles. The Labute approximate surface area is 129 Å². The fourth-order valence-electron chi connectivity index (χ4n) is 3.16. The van der Waals surface area contributed by atoms with Crippen LogP contribution in [0, 0.1) is 11.8 Å². The first kappa shape index (κ1) is 14.9. The molecule has 2 aliphatic carbocycles. The van der Waals surface area contributed by atoms with E-state index in [4.69, 9.17) is 9.84 Å². The zero-order valence-electron chi connectivity index (χ0n) is 12.5. The number of amides is 1. The van der Waals surface area contributed by atoms with Crippen molar-refractivity contribution >= 4 is 17.6 Å². The number of aliphatic carboxylic acids is 1. The highest BCUT2D eigenvalue weighted by molar-refractivity contribution is 5.96. The molecule has 3 rings (SSSR count). The summed E-state index contributed by atoms with van der Waals surface area (Å²) < 4.78 is 5.87. The number of carbonyl (C=O) groups is 2. The zero-order valence-corrected chi connectivity index (χ0v) is 12.5. The third-order valence-corrected chi connectivity index (χ3v) is 4.66. The molecule has 2 saturated carbocycles. The summed E-state index contributed by atoms with van der Waals surface area (Å²) in [5.74, 6) is -1.22. The predicted molar refractivity (Wildman–Crippen MR) is 81.8 cm³/mol. The molecule has 22 heavy (non-hydrogen) atoms. The van der Waals surface area contributed by atoms with E-state index in [9.17, 15) is 9.59 Å². The predicted octanol–water partition coefficient (Wildman–Crippen LogP) is 3.06. The molecule has 0 aromatic heterocycles. The van der Waals surface area contributed by atoms with Crippen LogP contribution in [0.15, 0.2) is 24.3 Å². The molecule has 2 unspecified atom stereocenters. The second-order valence-electron chi connectivity index (χ2n) is 6.17. The lowest BCUT2D eigenvalue weighted by atomic mass is 9.73. The van der Waals surface area contributed by atoms with Crippen LogP contribution in [0.1, 0.15) is 38.5 Å². The maximum absolute atomic E-state index is 12.1. The smallest absolute Gasteiger partial charge is 0.307 e. The van der Waals surface area contributed by atoms with E-state index in [1.54, 1.807) is 12.1 Å². The van der Waals surface area contributed by atoms with E-state index in [2.05, 4.69) is 5.32 Å². The Kier molecular flexibility index (Phi) is 4.32. The van der Waals surface area contributed by atoms with Gasteiger partial charge in [0.15, 0.2) is 0 Å². The second kappa shape index (κ2) is 6.38. The Morgan fingerprint density at radius 2 is 1.64 bits per heavy atom. The van der Waals surface area contributed by atoms with Crippen LogP contribution in [0.4, 0.5) is 5.69 Å². The average Bonchev–Trinajstić information content (AvgIpc) is 2.92. The summed E-state index contributed by atoms with van der Waals surface area (Å²) in [7, 11) is 0. The number of anilines is 1. The number of hydrogen-bond acceptors (Lipinski definition) is 3. The summed E-state index contributed by atoms with van der Waals surface area (Å²) in [6.07, 6.45) is 6.21. The van der Waals surface area contributed by atoms with Crippen LogP contribution in [-0.2, 0) is 9.59 Å². The number of ether oxygens (including phenoxy) is 1. The summed E-state index contributed by atoms with van der Waals surface area (Å²) in [6.45, 7) is 0. The first-order chi connectivity index (χ1) is 10.6. The van der Waals surface area contributed by atoms with Gasteiger partial charge in [-0.05, 0) is 62.8 Å². The number of carbonyl (C=O) groups excluding carboxylic acids is 1. The molecular formula is C17H21NO4. The van der Waals surface area contributed by atoms with Crippen molar-refractivity contribution in [2.24, 2.45) is 11.8 Å². The number of rotatable bonds is 5. The molecule has 2 atom stereocenters. The minimum atomic E-state index is -0.883. The molecule has 1 amide bonds. The zero-order chi connectivity index (χ0) is 15.5. The number of hydrogen-bond donors (Lipinski definition) is 2. The van der Waals surface area contributed by atoms with Crippen molar-refractivity contribution in [2.45, 2.75) is 44.6 Å². The van der Waals surface area contributed by atoms with E-state index < -0.39 is 17.8 Å². The van der Waals surface area contributed by atoms with Crippen molar-refractivity contribution in [3.05, 3.63) is 24.3 Å². The highest BCUT2D eigenvalue weighted by atomic mass is 16.5. The molecule has 2 N–H and O–H groups in total. The minimum Gasteiger partial charge on any atom is -0.490 e. The first-order valence-electron chi connectivity index (χ1n) is 7.94. The quantitative estimate of drug-likeness (QED) is 0.876. The van der Waals surface area contributed by atoms with Crippen molar-refractivity contribution in [3.63, 3.8) is 0 Å². The highest BCUT2D eigenvalue weighted by Crippen LogP contribution is 2.35.